The van der Waals surface area contributed by atoms with Crippen molar-refractivity contribution in [2.75, 3.05) is 0 Å². The van der Waals surface area contributed by atoms with Gasteiger partial charge in [0.15, 0.2) is 6.20 Å². The van der Waals surface area contributed by atoms with Crippen molar-refractivity contribution in [2.45, 2.75) is 39.0 Å². The standard InChI is InChI=1S/C18H22N/c1-5-8-13-9-6-10-14-16(13)17-15(18(14,2)3)11-7-12-19(17)4/h6-7,9-12H,5,8H2,1-4H3/q+1. The van der Waals surface area contributed by atoms with E-state index in [0.29, 0.717) is 0 Å². The highest BCUT2D eigenvalue weighted by Crippen LogP contribution is 2.48. The lowest BCUT2D eigenvalue weighted by atomic mass is 9.82. The van der Waals surface area contributed by atoms with E-state index in [-0.39, 0.29) is 5.41 Å². The molecule has 0 fully saturated rings. The Balaban J connectivity index is 2.38. The molecule has 1 aromatic heterocycles. The minimum Gasteiger partial charge on any atom is -0.201 e. The zero-order valence-corrected chi connectivity index (χ0v) is 12.3. The van der Waals surface area contributed by atoms with E-state index in [1.165, 1.54) is 34.4 Å². The van der Waals surface area contributed by atoms with Gasteiger partial charge in [-0.1, -0.05) is 45.4 Å². The van der Waals surface area contributed by atoms with Crippen molar-refractivity contribution in [1.82, 2.24) is 0 Å². The van der Waals surface area contributed by atoms with Crippen LogP contribution in [0.3, 0.4) is 0 Å². The van der Waals surface area contributed by atoms with Crippen molar-refractivity contribution in [2.24, 2.45) is 7.05 Å². The summed E-state index contributed by atoms with van der Waals surface area (Å²) >= 11 is 0. The third-order valence-corrected chi connectivity index (χ3v) is 4.43. The van der Waals surface area contributed by atoms with E-state index in [1.807, 2.05) is 0 Å². The van der Waals surface area contributed by atoms with Crippen LogP contribution in [0.15, 0.2) is 36.5 Å². The van der Waals surface area contributed by atoms with Gasteiger partial charge in [-0.15, -0.1) is 0 Å². The zero-order chi connectivity index (χ0) is 13.6. The lowest BCUT2D eigenvalue weighted by Crippen LogP contribution is -2.31. The summed E-state index contributed by atoms with van der Waals surface area (Å²) < 4.78 is 2.28. The molecule has 1 nitrogen and oxygen atoms in total. The van der Waals surface area contributed by atoms with Gasteiger partial charge in [0.2, 0.25) is 5.69 Å². The molecule has 0 saturated heterocycles. The average Bonchev–Trinajstić information content (AvgIpc) is 2.62. The summed E-state index contributed by atoms with van der Waals surface area (Å²) in [6.45, 7) is 6.94. The van der Waals surface area contributed by atoms with Crippen LogP contribution >= 0.6 is 0 Å². The Hall–Kier alpha value is -1.63. The molecule has 0 unspecified atom stereocenters. The van der Waals surface area contributed by atoms with Gasteiger partial charge in [0.25, 0.3) is 0 Å². The molecule has 0 amide bonds. The topological polar surface area (TPSA) is 3.88 Å². The van der Waals surface area contributed by atoms with Crippen LogP contribution in [0.4, 0.5) is 0 Å². The van der Waals surface area contributed by atoms with Crippen LogP contribution in [-0.2, 0) is 18.9 Å². The van der Waals surface area contributed by atoms with E-state index in [1.54, 1.807) is 0 Å². The molecule has 0 radical (unpaired) electrons. The Labute approximate surface area is 115 Å². The number of rotatable bonds is 2. The Morgan fingerprint density at radius 1 is 1.05 bits per heavy atom. The Kier molecular flexibility index (Phi) is 2.74. The highest BCUT2D eigenvalue weighted by molar-refractivity contribution is 5.78. The van der Waals surface area contributed by atoms with Crippen LogP contribution in [0.5, 0.6) is 0 Å². The predicted octanol–water partition coefficient (Wildman–Crippen LogP) is 3.77. The van der Waals surface area contributed by atoms with E-state index in [4.69, 9.17) is 0 Å². The SMILES string of the molecule is CCCc1cccc2c1-c1c(ccc[n+]1C)C2(C)C. The van der Waals surface area contributed by atoms with Gasteiger partial charge in [0.1, 0.15) is 7.05 Å². The minimum absolute atomic E-state index is 0.118. The summed E-state index contributed by atoms with van der Waals surface area (Å²) in [6.07, 6.45) is 4.52. The minimum atomic E-state index is 0.118. The second-order valence-electron chi connectivity index (χ2n) is 6.10. The molecule has 1 aliphatic carbocycles. The lowest BCUT2D eigenvalue weighted by Gasteiger charge is -2.20. The van der Waals surface area contributed by atoms with Crippen LogP contribution in [0.2, 0.25) is 0 Å². The molecule has 0 saturated carbocycles. The molecular formula is C18H22N+. The monoisotopic (exact) mass is 252 g/mol. The first kappa shape index (κ1) is 12.4. The quantitative estimate of drug-likeness (QED) is 0.716. The molecule has 0 atom stereocenters. The average molecular weight is 252 g/mol. The number of fused-ring (bicyclic) bond motifs is 3. The van der Waals surface area contributed by atoms with E-state index >= 15 is 0 Å². The lowest BCUT2D eigenvalue weighted by molar-refractivity contribution is -0.660. The maximum Gasteiger partial charge on any atom is 0.216 e. The first-order chi connectivity index (χ1) is 9.07. The fourth-order valence-corrected chi connectivity index (χ4v) is 3.45. The summed E-state index contributed by atoms with van der Waals surface area (Å²) in [6, 6.07) is 11.3. The molecule has 0 bridgehead atoms. The van der Waals surface area contributed by atoms with Crippen molar-refractivity contribution >= 4 is 0 Å². The molecule has 19 heavy (non-hydrogen) atoms. The number of benzene rings is 1. The number of hydrogen-bond acceptors (Lipinski definition) is 0. The number of pyridine rings is 1. The van der Waals surface area contributed by atoms with Gasteiger partial charge in [0, 0.05) is 17.0 Å². The molecular weight excluding hydrogens is 230 g/mol. The third-order valence-electron chi connectivity index (χ3n) is 4.43. The van der Waals surface area contributed by atoms with Gasteiger partial charge in [-0.25, -0.2) is 4.57 Å². The molecule has 0 N–H and O–H groups in total. The van der Waals surface area contributed by atoms with Crippen molar-refractivity contribution in [3.8, 4) is 11.3 Å². The van der Waals surface area contributed by atoms with Crippen LogP contribution in [-0.4, -0.2) is 0 Å². The van der Waals surface area contributed by atoms with E-state index < -0.39 is 0 Å². The molecule has 1 aromatic carbocycles. The van der Waals surface area contributed by atoms with Crippen molar-refractivity contribution in [3.63, 3.8) is 0 Å². The van der Waals surface area contributed by atoms with Gasteiger partial charge >= 0.3 is 0 Å². The molecule has 1 heterocycles. The van der Waals surface area contributed by atoms with E-state index in [2.05, 4.69) is 68.9 Å². The maximum absolute atomic E-state index is 2.34. The van der Waals surface area contributed by atoms with Crippen molar-refractivity contribution < 1.29 is 4.57 Å². The maximum atomic E-state index is 2.34. The third kappa shape index (κ3) is 1.64. The van der Waals surface area contributed by atoms with Crippen molar-refractivity contribution in [3.05, 3.63) is 53.2 Å². The zero-order valence-electron chi connectivity index (χ0n) is 12.3. The molecule has 98 valence electrons. The van der Waals surface area contributed by atoms with E-state index in [0.717, 1.165) is 6.42 Å². The first-order valence-electron chi connectivity index (χ1n) is 7.19. The summed E-state index contributed by atoms with van der Waals surface area (Å²) in [5.74, 6) is 0. The van der Waals surface area contributed by atoms with Crippen molar-refractivity contribution in [1.29, 1.82) is 0 Å². The molecule has 0 aliphatic heterocycles. The van der Waals surface area contributed by atoms with Crippen LogP contribution in [0.25, 0.3) is 11.3 Å². The van der Waals surface area contributed by atoms with Gasteiger partial charge in [0.05, 0.1) is 5.56 Å². The molecule has 1 aliphatic rings. The van der Waals surface area contributed by atoms with E-state index in [9.17, 15) is 0 Å². The molecule has 3 rings (SSSR count). The number of nitrogens with zero attached hydrogens (tertiary/aromatic N) is 1. The highest BCUT2D eigenvalue weighted by Gasteiger charge is 2.41. The van der Waals surface area contributed by atoms with Gasteiger partial charge in [-0.2, -0.15) is 0 Å². The summed E-state index contributed by atoms with van der Waals surface area (Å²) in [5, 5.41) is 0. The summed E-state index contributed by atoms with van der Waals surface area (Å²) in [5.41, 5.74) is 7.44. The van der Waals surface area contributed by atoms with Gasteiger partial charge < -0.3 is 0 Å². The Morgan fingerprint density at radius 3 is 2.53 bits per heavy atom. The molecule has 0 spiro atoms. The van der Waals surface area contributed by atoms with Gasteiger partial charge in [-0.05, 0) is 23.6 Å². The molecule has 2 aromatic rings. The summed E-state index contributed by atoms with van der Waals surface area (Å²) in [4.78, 5) is 0. The number of aromatic nitrogens is 1. The van der Waals surface area contributed by atoms with Crippen LogP contribution < -0.4 is 4.57 Å². The number of hydrogen-bond donors (Lipinski definition) is 0. The first-order valence-corrected chi connectivity index (χ1v) is 7.19. The predicted molar refractivity (Wildman–Crippen MR) is 79.2 cm³/mol. The highest BCUT2D eigenvalue weighted by atomic mass is 14.9. The summed E-state index contributed by atoms with van der Waals surface area (Å²) in [7, 11) is 2.16. The second kappa shape index (κ2) is 4.19. The van der Waals surface area contributed by atoms with Gasteiger partial charge in [-0.3, -0.25) is 0 Å². The normalized spacial score (nSPS) is 15.2. The smallest absolute Gasteiger partial charge is 0.201 e. The fraction of sp³-hybridized carbons (Fsp3) is 0.389. The number of aryl methyl sites for hydroxylation is 2. The Morgan fingerprint density at radius 2 is 1.79 bits per heavy atom. The van der Waals surface area contributed by atoms with Crippen LogP contribution in [0.1, 0.15) is 43.9 Å². The fourth-order valence-electron chi connectivity index (χ4n) is 3.45. The Bertz CT molecular complexity index is 638. The second-order valence-corrected chi connectivity index (χ2v) is 6.10. The largest absolute Gasteiger partial charge is 0.216 e. The molecule has 1 heteroatoms. The van der Waals surface area contributed by atoms with Crippen LogP contribution in [0, 0.1) is 0 Å².